The molecule has 0 spiro atoms. The summed E-state index contributed by atoms with van der Waals surface area (Å²) in [6, 6.07) is 0. The molecule has 0 amide bonds. The molecule has 0 unspecified atom stereocenters. The molecule has 1 fully saturated rings. The van der Waals surface area contributed by atoms with E-state index in [2.05, 4.69) is 0 Å². The number of ether oxygens (including phenoxy) is 4. The molecule has 0 bridgehead atoms. The van der Waals surface area contributed by atoms with Crippen LogP contribution in [0.4, 0.5) is 0 Å². The van der Waals surface area contributed by atoms with E-state index in [1.807, 2.05) is 13.8 Å². The van der Waals surface area contributed by atoms with Gasteiger partial charge in [0.25, 0.3) is 0 Å². The van der Waals surface area contributed by atoms with Crippen LogP contribution in [0, 0.1) is 5.92 Å². The standard InChI is InChI=1S/C12H22O5/c1-7-10(6-16-9(3)13)17-8(2)12(15-5)11(7)14-4/h7-8,10-12H,6H2,1-5H3/t7-,8-,10-,11+,12+/m1/s1. The van der Waals surface area contributed by atoms with Crippen LogP contribution in [0.2, 0.25) is 0 Å². The van der Waals surface area contributed by atoms with Gasteiger partial charge in [-0.15, -0.1) is 0 Å². The Morgan fingerprint density at radius 1 is 1.18 bits per heavy atom. The van der Waals surface area contributed by atoms with Crippen LogP contribution in [0.1, 0.15) is 20.8 Å². The fourth-order valence-corrected chi connectivity index (χ4v) is 2.32. The average Bonchev–Trinajstić information content (AvgIpc) is 2.28. The molecule has 0 saturated carbocycles. The van der Waals surface area contributed by atoms with Crippen LogP contribution in [0.15, 0.2) is 0 Å². The summed E-state index contributed by atoms with van der Waals surface area (Å²) in [5.74, 6) is -0.184. The Morgan fingerprint density at radius 2 is 1.76 bits per heavy atom. The van der Waals surface area contributed by atoms with E-state index >= 15 is 0 Å². The monoisotopic (exact) mass is 246 g/mol. The van der Waals surface area contributed by atoms with Gasteiger partial charge in [0.05, 0.1) is 18.3 Å². The van der Waals surface area contributed by atoms with Gasteiger partial charge in [-0.2, -0.15) is 0 Å². The summed E-state index contributed by atoms with van der Waals surface area (Å²) >= 11 is 0. The number of hydrogen-bond acceptors (Lipinski definition) is 5. The van der Waals surface area contributed by atoms with E-state index in [0.29, 0.717) is 0 Å². The normalized spacial score (nSPS) is 37.8. The zero-order chi connectivity index (χ0) is 13.0. The van der Waals surface area contributed by atoms with Crippen LogP contribution in [-0.2, 0) is 23.7 Å². The minimum atomic E-state index is -0.295. The second-order valence-electron chi connectivity index (χ2n) is 4.44. The molecule has 0 radical (unpaired) electrons. The van der Waals surface area contributed by atoms with Crippen molar-refractivity contribution in [2.24, 2.45) is 5.92 Å². The van der Waals surface area contributed by atoms with Crippen molar-refractivity contribution in [2.75, 3.05) is 20.8 Å². The highest BCUT2D eigenvalue weighted by Crippen LogP contribution is 2.29. The van der Waals surface area contributed by atoms with Gasteiger partial charge in [0, 0.05) is 27.1 Å². The minimum absolute atomic E-state index is 0.0516. The molecule has 0 aromatic heterocycles. The first-order chi connectivity index (χ1) is 8.01. The molecule has 1 aliphatic heterocycles. The third-order valence-electron chi connectivity index (χ3n) is 3.28. The highest BCUT2D eigenvalue weighted by Gasteiger charge is 2.42. The Labute approximate surface area is 102 Å². The molecular weight excluding hydrogens is 224 g/mol. The molecule has 5 atom stereocenters. The van der Waals surface area contributed by atoms with Crippen molar-refractivity contribution in [2.45, 2.75) is 45.2 Å². The van der Waals surface area contributed by atoms with E-state index in [1.165, 1.54) is 6.92 Å². The molecule has 5 nitrogen and oxygen atoms in total. The molecular formula is C12H22O5. The molecule has 1 rings (SSSR count). The molecule has 0 aromatic rings. The average molecular weight is 246 g/mol. The maximum atomic E-state index is 10.8. The lowest BCUT2D eigenvalue weighted by molar-refractivity contribution is -0.217. The molecule has 0 aromatic carbocycles. The van der Waals surface area contributed by atoms with Gasteiger partial charge in [-0.25, -0.2) is 0 Å². The summed E-state index contributed by atoms with van der Waals surface area (Å²) in [6.07, 6.45) is -0.375. The van der Waals surface area contributed by atoms with Gasteiger partial charge < -0.3 is 18.9 Å². The summed E-state index contributed by atoms with van der Waals surface area (Å²) in [7, 11) is 3.31. The maximum absolute atomic E-state index is 10.8. The van der Waals surface area contributed by atoms with Crippen molar-refractivity contribution in [3.63, 3.8) is 0 Å². The van der Waals surface area contributed by atoms with Crippen LogP contribution >= 0.6 is 0 Å². The fraction of sp³-hybridized carbons (Fsp3) is 0.917. The Hall–Kier alpha value is -0.650. The van der Waals surface area contributed by atoms with Gasteiger partial charge >= 0.3 is 5.97 Å². The lowest BCUT2D eigenvalue weighted by Crippen LogP contribution is -2.55. The van der Waals surface area contributed by atoms with E-state index in [-0.39, 0.29) is 42.9 Å². The highest BCUT2D eigenvalue weighted by atomic mass is 16.6. The third-order valence-corrected chi connectivity index (χ3v) is 3.28. The number of carbonyl (C=O) groups excluding carboxylic acids is 1. The van der Waals surface area contributed by atoms with E-state index in [9.17, 15) is 4.79 Å². The molecule has 100 valence electrons. The number of rotatable bonds is 4. The quantitative estimate of drug-likeness (QED) is 0.693. The first-order valence-electron chi connectivity index (χ1n) is 5.85. The van der Waals surface area contributed by atoms with Gasteiger partial charge in [0.2, 0.25) is 0 Å². The summed E-state index contributed by atoms with van der Waals surface area (Å²) in [6.45, 7) is 5.60. The fourth-order valence-electron chi connectivity index (χ4n) is 2.32. The van der Waals surface area contributed by atoms with Crippen molar-refractivity contribution in [3.8, 4) is 0 Å². The van der Waals surface area contributed by atoms with Crippen molar-refractivity contribution < 1.29 is 23.7 Å². The topological polar surface area (TPSA) is 54.0 Å². The zero-order valence-electron chi connectivity index (χ0n) is 11.1. The number of esters is 1. The molecule has 1 aliphatic rings. The van der Waals surface area contributed by atoms with Crippen molar-refractivity contribution in [1.29, 1.82) is 0 Å². The molecule has 1 saturated heterocycles. The van der Waals surface area contributed by atoms with Gasteiger partial charge in [-0.3, -0.25) is 4.79 Å². The van der Waals surface area contributed by atoms with Crippen LogP contribution in [0.5, 0.6) is 0 Å². The summed E-state index contributed by atoms with van der Waals surface area (Å²) in [5, 5.41) is 0. The molecule has 0 aliphatic carbocycles. The largest absolute Gasteiger partial charge is 0.463 e. The predicted octanol–water partition coefficient (Wildman–Crippen LogP) is 1.00. The Kier molecular flexibility index (Phi) is 5.36. The molecule has 0 N–H and O–H groups in total. The van der Waals surface area contributed by atoms with Crippen LogP contribution in [0.3, 0.4) is 0 Å². The van der Waals surface area contributed by atoms with E-state index in [0.717, 1.165) is 0 Å². The summed E-state index contributed by atoms with van der Waals surface area (Å²) in [5.41, 5.74) is 0. The summed E-state index contributed by atoms with van der Waals surface area (Å²) in [4.78, 5) is 10.8. The minimum Gasteiger partial charge on any atom is -0.463 e. The Morgan fingerprint density at radius 3 is 2.24 bits per heavy atom. The molecule has 1 heterocycles. The second-order valence-corrected chi connectivity index (χ2v) is 4.44. The lowest BCUT2D eigenvalue weighted by Gasteiger charge is -2.43. The van der Waals surface area contributed by atoms with Crippen LogP contribution < -0.4 is 0 Å². The first kappa shape index (κ1) is 14.4. The second kappa shape index (κ2) is 6.33. The van der Waals surface area contributed by atoms with E-state index in [4.69, 9.17) is 18.9 Å². The van der Waals surface area contributed by atoms with Gasteiger partial charge in [-0.1, -0.05) is 6.92 Å². The maximum Gasteiger partial charge on any atom is 0.302 e. The Balaban J connectivity index is 2.66. The predicted molar refractivity (Wildman–Crippen MR) is 61.7 cm³/mol. The number of carbonyl (C=O) groups is 1. The van der Waals surface area contributed by atoms with Gasteiger partial charge in [-0.05, 0) is 6.92 Å². The third kappa shape index (κ3) is 3.40. The molecule has 17 heavy (non-hydrogen) atoms. The molecule has 5 heteroatoms. The highest BCUT2D eigenvalue weighted by molar-refractivity contribution is 5.65. The van der Waals surface area contributed by atoms with Gasteiger partial charge in [0.15, 0.2) is 0 Å². The van der Waals surface area contributed by atoms with Crippen LogP contribution in [-0.4, -0.2) is 51.2 Å². The first-order valence-corrected chi connectivity index (χ1v) is 5.85. The zero-order valence-corrected chi connectivity index (χ0v) is 11.1. The lowest BCUT2D eigenvalue weighted by atomic mass is 9.88. The summed E-state index contributed by atoms with van der Waals surface area (Å²) < 4.78 is 21.7. The number of methoxy groups -OCH3 is 2. The SMILES string of the molecule is CO[C@@H]1[C@@H](OC)[C@H](C)[C@@H](COC(C)=O)O[C@@H]1C. The van der Waals surface area contributed by atoms with E-state index < -0.39 is 0 Å². The van der Waals surface area contributed by atoms with Crippen molar-refractivity contribution in [1.82, 2.24) is 0 Å². The van der Waals surface area contributed by atoms with E-state index in [1.54, 1.807) is 14.2 Å². The Bertz CT molecular complexity index is 255. The number of hydrogen-bond donors (Lipinski definition) is 0. The van der Waals surface area contributed by atoms with Crippen molar-refractivity contribution in [3.05, 3.63) is 0 Å². The smallest absolute Gasteiger partial charge is 0.302 e. The van der Waals surface area contributed by atoms with Crippen molar-refractivity contribution >= 4 is 5.97 Å². The van der Waals surface area contributed by atoms with Crippen LogP contribution in [0.25, 0.3) is 0 Å². The van der Waals surface area contributed by atoms with Gasteiger partial charge in [0.1, 0.15) is 12.7 Å².